The van der Waals surface area contributed by atoms with Crippen LogP contribution in [0.4, 0.5) is 0 Å². The Kier molecular flexibility index (Phi) is 12.5. The molecule has 1 aliphatic rings. The van der Waals surface area contributed by atoms with Gasteiger partial charge in [-0.1, -0.05) is 26.7 Å². The fraction of sp³-hybridized carbons (Fsp3) is 0.889. The van der Waals surface area contributed by atoms with Crippen molar-refractivity contribution < 1.29 is 9.53 Å². The van der Waals surface area contributed by atoms with Gasteiger partial charge in [-0.2, -0.15) is 0 Å². The lowest BCUT2D eigenvalue weighted by Gasteiger charge is -2.43. The van der Waals surface area contributed by atoms with Gasteiger partial charge in [-0.3, -0.25) is 9.79 Å². The van der Waals surface area contributed by atoms with Gasteiger partial charge in [-0.05, 0) is 43.4 Å². The fourth-order valence-electron chi connectivity index (χ4n) is 3.37. The Morgan fingerprint density at radius 1 is 1.21 bits per heavy atom. The Bertz CT molecular complexity index is 382. The number of hydrogen-bond donors (Lipinski definition) is 2. The minimum absolute atomic E-state index is 0. The molecule has 1 fully saturated rings. The van der Waals surface area contributed by atoms with Crippen LogP contribution in [-0.4, -0.2) is 39.2 Å². The fourth-order valence-corrected chi connectivity index (χ4v) is 3.37. The zero-order valence-electron chi connectivity index (χ0n) is 15.8. The highest BCUT2D eigenvalue weighted by Crippen LogP contribution is 2.45. The minimum Gasteiger partial charge on any atom is -0.469 e. The molecule has 1 aliphatic carbocycles. The summed E-state index contributed by atoms with van der Waals surface area (Å²) in [6.45, 7) is 6.52. The molecule has 24 heavy (non-hydrogen) atoms. The highest BCUT2D eigenvalue weighted by Gasteiger charge is 2.37. The number of esters is 1. The normalized spacial score (nSPS) is 16.1. The molecule has 0 amide bonds. The number of rotatable bonds is 10. The van der Waals surface area contributed by atoms with Crippen LogP contribution in [0.1, 0.15) is 65.2 Å². The molecule has 0 aromatic rings. The van der Waals surface area contributed by atoms with Crippen LogP contribution < -0.4 is 10.6 Å². The maximum atomic E-state index is 11.0. The largest absolute Gasteiger partial charge is 0.469 e. The van der Waals surface area contributed by atoms with E-state index in [2.05, 4.69) is 34.2 Å². The summed E-state index contributed by atoms with van der Waals surface area (Å²) in [5.74, 6) is 1.53. The average molecular weight is 453 g/mol. The van der Waals surface area contributed by atoms with Crippen LogP contribution in [0.15, 0.2) is 4.99 Å². The van der Waals surface area contributed by atoms with Gasteiger partial charge >= 0.3 is 5.97 Å². The van der Waals surface area contributed by atoms with Gasteiger partial charge in [0.25, 0.3) is 0 Å². The van der Waals surface area contributed by atoms with Crippen molar-refractivity contribution in [3.05, 3.63) is 0 Å². The van der Waals surface area contributed by atoms with Crippen LogP contribution in [0, 0.1) is 11.3 Å². The van der Waals surface area contributed by atoms with Crippen molar-refractivity contribution in [3.8, 4) is 0 Å². The van der Waals surface area contributed by atoms with E-state index in [1.807, 2.05) is 7.05 Å². The molecular formula is C18H36IN3O2. The number of nitrogens with zero attached hydrogens (tertiary/aromatic N) is 1. The summed E-state index contributed by atoms with van der Waals surface area (Å²) in [6, 6.07) is 0. The van der Waals surface area contributed by atoms with E-state index in [9.17, 15) is 4.79 Å². The van der Waals surface area contributed by atoms with E-state index in [1.165, 1.54) is 32.8 Å². The third-order valence-corrected chi connectivity index (χ3v) is 4.69. The molecule has 5 nitrogen and oxygen atoms in total. The van der Waals surface area contributed by atoms with Crippen molar-refractivity contribution in [1.29, 1.82) is 0 Å². The monoisotopic (exact) mass is 453 g/mol. The van der Waals surface area contributed by atoms with E-state index in [4.69, 9.17) is 0 Å². The summed E-state index contributed by atoms with van der Waals surface area (Å²) in [6.07, 6.45) is 8.79. The number of halogens is 1. The van der Waals surface area contributed by atoms with Gasteiger partial charge in [0.05, 0.1) is 7.11 Å². The van der Waals surface area contributed by atoms with Gasteiger partial charge in [-0.25, -0.2) is 0 Å². The molecule has 0 unspecified atom stereocenters. The Balaban J connectivity index is 0.00000529. The van der Waals surface area contributed by atoms with Gasteiger partial charge in [-0.15, -0.1) is 24.0 Å². The lowest BCUT2D eigenvalue weighted by Crippen LogP contribution is -2.47. The first-order chi connectivity index (χ1) is 11.0. The predicted molar refractivity (Wildman–Crippen MR) is 111 cm³/mol. The summed E-state index contributed by atoms with van der Waals surface area (Å²) in [5.41, 5.74) is 0.478. The molecule has 0 saturated heterocycles. The molecule has 142 valence electrons. The second kappa shape index (κ2) is 12.8. The maximum absolute atomic E-state index is 11.0. The van der Waals surface area contributed by atoms with Crippen LogP contribution >= 0.6 is 24.0 Å². The van der Waals surface area contributed by atoms with Crippen LogP contribution in [0.25, 0.3) is 0 Å². The summed E-state index contributed by atoms with van der Waals surface area (Å²) in [4.78, 5) is 15.3. The van der Waals surface area contributed by atoms with E-state index in [1.54, 1.807) is 0 Å². The van der Waals surface area contributed by atoms with Crippen molar-refractivity contribution in [2.75, 3.05) is 27.2 Å². The highest BCUT2D eigenvalue weighted by atomic mass is 127. The molecule has 0 heterocycles. The first-order valence-corrected chi connectivity index (χ1v) is 9.03. The second-order valence-electron chi connectivity index (χ2n) is 7.19. The van der Waals surface area contributed by atoms with Gasteiger partial charge < -0.3 is 15.4 Å². The van der Waals surface area contributed by atoms with E-state index in [0.717, 1.165) is 44.2 Å². The SMILES string of the molecule is CN=C(NCCCCCC(=O)OC)NCC1(CC(C)C)CCC1.I. The topological polar surface area (TPSA) is 62.7 Å². The zero-order valence-corrected chi connectivity index (χ0v) is 18.2. The van der Waals surface area contributed by atoms with Crippen molar-refractivity contribution >= 4 is 35.9 Å². The Hall–Kier alpha value is -0.530. The first kappa shape index (κ1) is 23.5. The van der Waals surface area contributed by atoms with Crippen molar-refractivity contribution in [3.63, 3.8) is 0 Å². The highest BCUT2D eigenvalue weighted by molar-refractivity contribution is 14.0. The first-order valence-electron chi connectivity index (χ1n) is 9.03. The number of methoxy groups -OCH3 is 1. The van der Waals surface area contributed by atoms with Crippen LogP contribution in [-0.2, 0) is 9.53 Å². The third-order valence-electron chi connectivity index (χ3n) is 4.69. The smallest absolute Gasteiger partial charge is 0.305 e. The van der Waals surface area contributed by atoms with Gasteiger partial charge in [0.15, 0.2) is 5.96 Å². The number of ether oxygens (including phenoxy) is 1. The van der Waals surface area contributed by atoms with Crippen molar-refractivity contribution in [1.82, 2.24) is 10.6 Å². The Morgan fingerprint density at radius 3 is 2.42 bits per heavy atom. The summed E-state index contributed by atoms with van der Waals surface area (Å²) >= 11 is 0. The van der Waals surface area contributed by atoms with Crippen LogP contribution in [0.3, 0.4) is 0 Å². The molecule has 0 aromatic heterocycles. The third kappa shape index (κ3) is 9.08. The van der Waals surface area contributed by atoms with Gasteiger partial charge in [0.1, 0.15) is 0 Å². The molecule has 1 saturated carbocycles. The average Bonchev–Trinajstić information content (AvgIpc) is 2.49. The predicted octanol–water partition coefficient (Wildman–Crippen LogP) is 3.72. The lowest BCUT2D eigenvalue weighted by molar-refractivity contribution is -0.140. The number of carbonyl (C=O) groups excluding carboxylic acids is 1. The number of nitrogens with one attached hydrogen (secondary N) is 2. The van der Waals surface area contributed by atoms with Crippen molar-refractivity contribution in [2.45, 2.75) is 65.2 Å². The minimum atomic E-state index is -0.119. The van der Waals surface area contributed by atoms with Gasteiger partial charge in [0, 0.05) is 26.6 Å². The van der Waals surface area contributed by atoms with Crippen molar-refractivity contribution in [2.24, 2.45) is 16.3 Å². The molecule has 0 radical (unpaired) electrons. The molecular weight excluding hydrogens is 417 g/mol. The summed E-state index contributed by atoms with van der Waals surface area (Å²) in [5, 5.41) is 6.87. The Labute approximate surface area is 164 Å². The van der Waals surface area contributed by atoms with E-state index in [0.29, 0.717) is 11.8 Å². The molecule has 0 spiro atoms. The molecule has 0 atom stereocenters. The van der Waals surface area contributed by atoms with E-state index < -0.39 is 0 Å². The van der Waals surface area contributed by atoms with Crippen LogP contribution in [0.5, 0.6) is 0 Å². The van der Waals surface area contributed by atoms with Crippen LogP contribution in [0.2, 0.25) is 0 Å². The van der Waals surface area contributed by atoms with Gasteiger partial charge in [0.2, 0.25) is 0 Å². The Morgan fingerprint density at radius 2 is 1.92 bits per heavy atom. The number of hydrogen-bond acceptors (Lipinski definition) is 3. The standard InChI is InChI=1S/C18H35N3O2.HI/c1-15(2)13-18(10-8-11-18)14-21-17(19-3)20-12-7-5-6-9-16(22)23-4;/h15H,5-14H2,1-4H3,(H2,19,20,21);1H. The molecule has 6 heteroatoms. The maximum Gasteiger partial charge on any atom is 0.305 e. The van der Waals surface area contributed by atoms with E-state index in [-0.39, 0.29) is 29.9 Å². The number of unbranched alkanes of at least 4 members (excludes halogenated alkanes) is 2. The number of aliphatic imine (C=N–C) groups is 1. The molecule has 0 bridgehead atoms. The molecule has 0 aromatic carbocycles. The second-order valence-corrected chi connectivity index (χ2v) is 7.19. The van der Waals surface area contributed by atoms with E-state index >= 15 is 0 Å². The summed E-state index contributed by atoms with van der Waals surface area (Å²) in [7, 11) is 3.26. The number of guanidine groups is 1. The molecule has 2 N–H and O–H groups in total. The summed E-state index contributed by atoms with van der Waals surface area (Å²) < 4.78 is 4.64. The lowest BCUT2D eigenvalue weighted by atomic mass is 9.64. The zero-order chi connectivity index (χ0) is 17.1. The molecule has 1 rings (SSSR count). The quantitative estimate of drug-likeness (QED) is 0.174. The number of carbonyl (C=O) groups is 1. The molecule has 0 aliphatic heterocycles.